The Labute approximate surface area is 149 Å². The second-order valence-corrected chi connectivity index (χ2v) is 6.99. The molecule has 1 saturated heterocycles. The lowest BCUT2D eigenvalue weighted by molar-refractivity contribution is -0.154. The maximum absolute atomic E-state index is 12.5. The first-order valence-corrected chi connectivity index (χ1v) is 8.93. The molecule has 1 N–H and O–H groups in total. The summed E-state index contributed by atoms with van der Waals surface area (Å²) in [6, 6.07) is 5.46. The molecule has 0 radical (unpaired) electrons. The van der Waals surface area contributed by atoms with Crippen LogP contribution in [-0.4, -0.2) is 56.9 Å². The Hall–Kier alpha value is -1.79. The summed E-state index contributed by atoms with van der Waals surface area (Å²) < 4.78 is 16.6. The maximum atomic E-state index is 12.5. The van der Waals surface area contributed by atoms with Crippen molar-refractivity contribution in [1.82, 2.24) is 10.2 Å². The Morgan fingerprint density at radius 1 is 1.36 bits per heavy atom. The Balaban J connectivity index is 1.59. The SMILES string of the molecule is COc1ccc(OC)c(C(C)NC(=O)CN2CCOC3(CCC3)C2)c1. The van der Waals surface area contributed by atoms with E-state index in [4.69, 9.17) is 14.2 Å². The van der Waals surface area contributed by atoms with E-state index in [0.29, 0.717) is 13.2 Å². The first kappa shape index (κ1) is 18.0. The average molecular weight is 348 g/mol. The van der Waals surface area contributed by atoms with Crippen molar-refractivity contribution in [3.8, 4) is 11.5 Å². The van der Waals surface area contributed by atoms with Gasteiger partial charge in [0.1, 0.15) is 11.5 Å². The monoisotopic (exact) mass is 348 g/mol. The van der Waals surface area contributed by atoms with Crippen molar-refractivity contribution in [2.24, 2.45) is 0 Å². The van der Waals surface area contributed by atoms with Crippen LogP contribution in [0.3, 0.4) is 0 Å². The molecule has 1 aliphatic carbocycles. The number of rotatable bonds is 6. The topological polar surface area (TPSA) is 60.0 Å². The van der Waals surface area contributed by atoms with Gasteiger partial charge in [0, 0.05) is 18.7 Å². The minimum atomic E-state index is -0.156. The summed E-state index contributed by atoms with van der Waals surface area (Å²) >= 11 is 0. The third-order valence-corrected chi connectivity index (χ3v) is 5.24. The van der Waals surface area contributed by atoms with Crippen molar-refractivity contribution in [2.75, 3.05) is 40.5 Å². The van der Waals surface area contributed by atoms with Crippen LogP contribution in [0.5, 0.6) is 11.5 Å². The number of nitrogens with zero attached hydrogens (tertiary/aromatic N) is 1. The fourth-order valence-electron chi connectivity index (χ4n) is 3.68. The zero-order valence-electron chi connectivity index (χ0n) is 15.3. The highest BCUT2D eigenvalue weighted by molar-refractivity contribution is 5.78. The zero-order valence-corrected chi connectivity index (χ0v) is 15.3. The third kappa shape index (κ3) is 4.07. The summed E-state index contributed by atoms with van der Waals surface area (Å²) in [5.41, 5.74) is 0.924. The summed E-state index contributed by atoms with van der Waals surface area (Å²) in [6.45, 7) is 4.75. The lowest BCUT2D eigenvalue weighted by atomic mass is 9.79. The van der Waals surface area contributed by atoms with Crippen molar-refractivity contribution >= 4 is 5.91 Å². The maximum Gasteiger partial charge on any atom is 0.234 e. The van der Waals surface area contributed by atoms with E-state index in [0.717, 1.165) is 43.0 Å². The lowest BCUT2D eigenvalue weighted by Gasteiger charge is -2.48. The number of hydrogen-bond acceptors (Lipinski definition) is 5. The summed E-state index contributed by atoms with van der Waals surface area (Å²) in [6.07, 6.45) is 3.46. The molecule has 1 unspecified atom stereocenters. The van der Waals surface area contributed by atoms with Gasteiger partial charge in [0.25, 0.3) is 0 Å². The van der Waals surface area contributed by atoms with Gasteiger partial charge in [0.15, 0.2) is 0 Å². The number of nitrogens with one attached hydrogen (secondary N) is 1. The summed E-state index contributed by atoms with van der Waals surface area (Å²) in [5.74, 6) is 1.51. The van der Waals surface area contributed by atoms with Gasteiger partial charge in [-0.1, -0.05) is 0 Å². The number of hydrogen-bond donors (Lipinski definition) is 1. The highest BCUT2D eigenvalue weighted by Crippen LogP contribution is 2.38. The lowest BCUT2D eigenvalue weighted by Crippen LogP contribution is -2.57. The minimum absolute atomic E-state index is 0.0141. The summed E-state index contributed by atoms with van der Waals surface area (Å²) in [4.78, 5) is 14.7. The molecular formula is C19H28N2O4. The fraction of sp³-hybridized carbons (Fsp3) is 0.632. The molecular weight excluding hydrogens is 320 g/mol. The van der Waals surface area contributed by atoms with Crippen LogP contribution in [0.15, 0.2) is 18.2 Å². The van der Waals surface area contributed by atoms with Gasteiger partial charge in [0.05, 0.1) is 39.0 Å². The summed E-state index contributed by atoms with van der Waals surface area (Å²) in [5, 5.41) is 3.08. The number of carbonyl (C=O) groups excluding carboxylic acids is 1. The van der Waals surface area contributed by atoms with E-state index >= 15 is 0 Å². The number of ether oxygens (including phenoxy) is 3. The molecule has 1 aromatic rings. The molecule has 1 heterocycles. The van der Waals surface area contributed by atoms with Crippen LogP contribution >= 0.6 is 0 Å². The molecule has 2 fully saturated rings. The molecule has 1 atom stereocenters. The highest BCUT2D eigenvalue weighted by Gasteiger charge is 2.42. The smallest absolute Gasteiger partial charge is 0.234 e. The molecule has 1 spiro atoms. The molecule has 3 rings (SSSR count). The van der Waals surface area contributed by atoms with Crippen LogP contribution in [0, 0.1) is 0 Å². The molecule has 25 heavy (non-hydrogen) atoms. The number of benzene rings is 1. The fourth-order valence-corrected chi connectivity index (χ4v) is 3.68. The van der Waals surface area contributed by atoms with Crippen LogP contribution in [-0.2, 0) is 9.53 Å². The first-order valence-electron chi connectivity index (χ1n) is 8.93. The highest BCUT2D eigenvalue weighted by atomic mass is 16.5. The van der Waals surface area contributed by atoms with Gasteiger partial charge in [-0.25, -0.2) is 0 Å². The van der Waals surface area contributed by atoms with E-state index in [1.807, 2.05) is 25.1 Å². The minimum Gasteiger partial charge on any atom is -0.497 e. The second kappa shape index (κ2) is 7.62. The van der Waals surface area contributed by atoms with Gasteiger partial charge in [-0.15, -0.1) is 0 Å². The second-order valence-electron chi connectivity index (χ2n) is 6.99. The largest absolute Gasteiger partial charge is 0.497 e. The first-order chi connectivity index (χ1) is 12.0. The summed E-state index contributed by atoms with van der Waals surface area (Å²) in [7, 11) is 3.26. The Morgan fingerprint density at radius 3 is 2.80 bits per heavy atom. The predicted octanol–water partition coefficient (Wildman–Crippen LogP) is 2.14. The van der Waals surface area contributed by atoms with Crippen LogP contribution < -0.4 is 14.8 Å². The number of methoxy groups -OCH3 is 2. The quantitative estimate of drug-likeness (QED) is 0.853. The van der Waals surface area contributed by atoms with Crippen LogP contribution in [0.4, 0.5) is 0 Å². The van der Waals surface area contributed by atoms with Crippen molar-refractivity contribution in [3.63, 3.8) is 0 Å². The molecule has 1 aliphatic heterocycles. The van der Waals surface area contributed by atoms with Crippen molar-refractivity contribution < 1.29 is 19.0 Å². The molecule has 1 saturated carbocycles. The van der Waals surface area contributed by atoms with Crippen LogP contribution in [0.25, 0.3) is 0 Å². The van der Waals surface area contributed by atoms with Gasteiger partial charge in [0.2, 0.25) is 5.91 Å². The molecule has 138 valence electrons. The van der Waals surface area contributed by atoms with E-state index in [-0.39, 0.29) is 17.6 Å². The van der Waals surface area contributed by atoms with Gasteiger partial charge >= 0.3 is 0 Å². The average Bonchev–Trinajstić information content (AvgIpc) is 2.59. The molecule has 6 heteroatoms. The van der Waals surface area contributed by atoms with Gasteiger partial charge in [-0.3, -0.25) is 9.69 Å². The molecule has 1 amide bonds. The number of morpholine rings is 1. The van der Waals surface area contributed by atoms with Gasteiger partial charge in [-0.2, -0.15) is 0 Å². The Kier molecular flexibility index (Phi) is 5.49. The van der Waals surface area contributed by atoms with Crippen LogP contribution in [0.2, 0.25) is 0 Å². The Morgan fingerprint density at radius 2 is 2.16 bits per heavy atom. The van der Waals surface area contributed by atoms with Crippen molar-refractivity contribution in [2.45, 2.75) is 37.8 Å². The molecule has 0 aromatic heterocycles. The van der Waals surface area contributed by atoms with Gasteiger partial charge < -0.3 is 19.5 Å². The standard InChI is InChI=1S/C19H28N2O4/c1-14(16-11-15(23-2)5-6-17(16)24-3)20-18(22)12-21-9-10-25-19(13-21)7-4-8-19/h5-6,11,14H,4,7-10,12-13H2,1-3H3,(H,20,22). The third-order valence-electron chi connectivity index (χ3n) is 5.24. The zero-order chi connectivity index (χ0) is 17.9. The van der Waals surface area contributed by atoms with E-state index in [2.05, 4.69) is 10.2 Å². The molecule has 0 bridgehead atoms. The normalized spacial score (nSPS) is 20.6. The Bertz CT molecular complexity index is 615. The van der Waals surface area contributed by atoms with E-state index in [1.165, 1.54) is 6.42 Å². The van der Waals surface area contributed by atoms with Gasteiger partial charge in [-0.05, 0) is 44.4 Å². The van der Waals surface area contributed by atoms with Crippen LogP contribution in [0.1, 0.15) is 37.8 Å². The van der Waals surface area contributed by atoms with E-state index in [1.54, 1.807) is 14.2 Å². The number of amides is 1. The number of carbonyl (C=O) groups is 1. The molecule has 1 aromatic carbocycles. The van der Waals surface area contributed by atoms with Crippen molar-refractivity contribution in [1.29, 1.82) is 0 Å². The van der Waals surface area contributed by atoms with E-state index < -0.39 is 0 Å². The predicted molar refractivity (Wildman–Crippen MR) is 95.1 cm³/mol. The molecule has 6 nitrogen and oxygen atoms in total. The molecule has 2 aliphatic rings. The van der Waals surface area contributed by atoms with Crippen molar-refractivity contribution in [3.05, 3.63) is 23.8 Å². The van der Waals surface area contributed by atoms with E-state index in [9.17, 15) is 4.79 Å².